The molecule has 2 unspecified atom stereocenters. The Kier molecular flexibility index (Phi) is 8.64. The van der Waals surface area contributed by atoms with Crippen LogP contribution < -0.4 is 0 Å². The molecule has 0 aromatic rings. The van der Waals surface area contributed by atoms with Gasteiger partial charge in [-0.3, -0.25) is 4.79 Å². The van der Waals surface area contributed by atoms with Crippen molar-refractivity contribution in [3.05, 3.63) is 0 Å². The van der Waals surface area contributed by atoms with Crippen molar-refractivity contribution in [3.63, 3.8) is 0 Å². The average Bonchev–Trinajstić information content (AvgIpc) is 2.37. The zero-order chi connectivity index (χ0) is 20.1. The Morgan fingerprint density at radius 1 is 0.960 bits per heavy atom. The lowest BCUT2D eigenvalue weighted by Gasteiger charge is -2.37. The van der Waals surface area contributed by atoms with Gasteiger partial charge in [-0.15, -0.1) is 0 Å². The van der Waals surface area contributed by atoms with Gasteiger partial charge in [-0.25, -0.2) is 9.78 Å². The van der Waals surface area contributed by atoms with Crippen molar-refractivity contribution in [1.82, 2.24) is 0 Å². The molecule has 0 amide bonds. The first kappa shape index (κ1) is 24.4. The van der Waals surface area contributed by atoms with Crippen LogP contribution in [0, 0.1) is 16.2 Å². The lowest BCUT2D eigenvalue weighted by molar-refractivity contribution is -0.394. The molecule has 4 heteroatoms. The van der Waals surface area contributed by atoms with Crippen LogP contribution >= 0.6 is 0 Å². The normalized spacial score (nSPS) is 17.2. The van der Waals surface area contributed by atoms with Gasteiger partial charge in [0.15, 0.2) is 0 Å². The molecule has 0 aliphatic heterocycles. The van der Waals surface area contributed by atoms with Crippen molar-refractivity contribution in [2.45, 2.75) is 113 Å². The van der Waals surface area contributed by atoms with Crippen LogP contribution in [0.5, 0.6) is 0 Å². The average molecular weight is 359 g/mol. The molecule has 0 spiro atoms. The van der Waals surface area contributed by atoms with E-state index in [1.54, 1.807) is 6.92 Å². The van der Waals surface area contributed by atoms with Crippen LogP contribution in [0.15, 0.2) is 0 Å². The van der Waals surface area contributed by atoms with E-state index in [9.17, 15) is 9.90 Å². The van der Waals surface area contributed by atoms with Gasteiger partial charge < -0.3 is 5.11 Å². The van der Waals surface area contributed by atoms with E-state index in [0.717, 1.165) is 19.3 Å². The fraction of sp³-hybridized carbons (Fsp3) is 0.952. The number of hydrogen-bond donors (Lipinski definition) is 1. The topological polar surface area (TPSA) is 55.8 Å². The summed E-state index contributed by atoms with van der Waals surface area (Å²) in [6.07, 6.45) is 3.49. The molecule has 25 heavy (non-hydrogen) atoms. The Morgan fingerprint density at radius 2 is 1.48 bits per heavy atom. The lowest BCUT2D eigenvalue weighted by atomic mass is 9.78. The molecule has 0 aliphatic carbocycles. The molecule has 0 aliphatic rings. The molecular weight excluding hydrogens is 316 g/mol. The molecule has 2 atom stereocenters. The fourth-order valence-electron chi connectivity index (χ4n) is 3.30. The molecule has 0 heterocycles. The van der Waals surface area contributed by atoms with E-state index >= 15 is 0 Å². The molecule has 0 radical (unpaired) electrons. The first-order valence-electron chi connectivity index (χ1n) is 9.60. The predicted molar refractivity (Wildman–Crippen MR) is 103 cm³/mol. The molecular formula is C21H42O4. The summed E-state index contributed by atoms with van der Waals surface area (Å²) in [4.78, 5) is 23.5. The summed E-state index contributed by atoms with van der Waals surface area (Å²) in [7, 11) is 0. The van der Waals surface area contributed by atoms with Gasteiger partial charge in [0, 0.05) is 0 Å². The van der Waals surface area contributed by atoms with Crippen LogP contribution in [0.1, 0.15) is 101 Å². The molecule has 0 rings (SSSR count). The van der Waals surface area contributed by atoms with E-state index in [-0.39, 0.29) is 10.8 Å². The summed E-state index contributed by atoms with van der Waals surface area (Å²) < 4.78 is 0. The Labute approximate surface area is 155 Å². The minimum atomic E-state index is -0.949. The minimum absolute atomic E-state index is 0.107. The number of aliphatic carboxylic acids is 1. The van der Waals surface area contributed by atoms with Crippen molar-refractivity contribution in [2.24, 2.45) is 16.2 Å². The molecule has 0 bridgehead atoms. The number of carboxylic acid groups (broad SMARTS) is 1. The highest BCUT2D eigenvalue weighted by Gasteiger charge is 2.42. The van der Waals surface area contributed by atoms with E-state index < -0.39 is 23.1 Å². The van der Waals surface area contributed by atoms with Crippen molar-refractivity contribution in [1.29, 1.82) is 0 Å². The van der Waals surface area contributed by atoms with Crippen LogP contribution in [0.3, 0.4) is 0 Å². The second-order valence-electron chi connectivity index (χ2n) is 10.7. The summed E-state index contributed by atoms with van der Waals surface area (Å²) in [6, 6.07) is 0. The first-order chi connectivity index (χ1) is 11.0. The summed E-state index contributed by atoms with van der Waals surface area (Å²) in [5.41, 5.74) is -1.08. The van der Waals surface area contributed by atoms with Crippen LogP contribution in [-0.4, -0.2) is 22.8 Å². The standard InChI is InChI=1S/C21H42O4/c1-11-21(10,17(22)23)16(13-12-14-18(2,3)4)24-25-20(8,9)15-19(5,6)7/h16H,11-15H2,1-10H3,(H,22,23). The quantitative estimate of drug-likeness (QED) is 0.371. The van der Waals surface area contributed by atoms with Gasteiger partial charge in [0.05, 0.1) is 11.0 Å². The van der Waals surface area contributed by atoms with Crippen molar-refractivity contribution in [2.75, 3.05) is 0 Å². The number of rotatable bonds is 10. The molecule has 0 aromatic carbocycles. The zero-order valence-corrected chi connectivity index (χ0v) is 18.3. The highest BCUT2D eigenvalue weighted by atomic mass is 17.2. The van der Waals surface area contributed by atoms with Crippen molar-refractivity contribution >= 4 is 5.97 Å². The highest BCUT2D eigenvalue weighted by molar-refractivity contribution is 5.74. The van der Waals surface area contributed by atoms with E-state index in [4.69, 9.17) is 9.78 Å². The predicted octanol–water partition coefficient (Wildman–Crippen LogP) is 6.24. The van der Waals surface area contributed by atoms with Gasteiger partial charge in [-0.1, -0.05) is 54.9 Å². The second kappa shape index (κ2) is 8.85. The van der Waals surface area contributed by atoms with Crippen LogP contribution in [0.2, 0.25) is 0 Å². The van der Waals surface area contributed by atoms with Crippen LogP contribution in [-0.2, 0) is 14.6 Å². The maximum absolute atomic E-state index is 11.9. The third-order valence-electron chi connectivity index (χ3n) is 4.67. The largest absolute Gasteiger partial charge is 0.481 e. The summed E-state index contributed by atoms with van der Waals surface area (Å²) in [6.45, 7) is 20.7. The maximum atomic E-state index is 11.9. The van der Waals surface area contributed by atoms with E-state index in [0.29, 0.717) is 12.8 Å². The lowest BCUT2D eigenvalue weighted by Crippen LogP contribution is -2.43. The molecule has 0 saturated carbocycles. The SMILES string of the molecule is CCC(C)(C(=O)O)C(CCCC(C)(C)C)OOC(C)(C)CC(C)(C)C. The Morgan fingerprint density at radius 3 is 1.84 bits per heavy atom. The number of carbonyl (C=O) groups is 1. The number of hydrogen-bond acceptors (Lipinski definition) is 3. The van der Waals surface area contributed by atoms with Gasteiger partial charge in [-0.2, -0.15) is 0 Å². The summed E-state index contributed by atoms with van der Waals surface area (Å²) in [5, 5.41) is 9.74. The molecule has 0 aromatic heterocycles. The van der Waals surface area contributed by atoms with Gasteiger partial charge in [0.25, 0.3) is 0 Å². The van der Waals surface area contributed by atoms with Gasteiger partial charge in [0.2, 0.25) is 0 Å². The van der Waals surface area contributed by atoms with Gasteiger partial charge in [-0.05, 0) is 57.3 Å². The smallest absolute Gasteiger partial charge is 0.312 e. The molecule has 0 saturated heterocycles. The third-order valence-corrected chi connectivity index (χ3v) is 4.67. The monoisotopic (exact) mass is 358 g/mol. The molecule has 150 valence electrons. The molecule has 0 fully saturated rings. The Bertz CT molecular complexity index is 415. The zero-order valence-electron chi connectivity index (χ0n) is 18.3. The van der Waals surface area contributed by atoms with Crippen LogP contribution in [0.25, 0.3) is 0 Å². The summed E-state index contributed by atoms with van der Waals surface area (Å²) >= 11 is 0. The van der Waals surface area contributed by atoms with Crippen LogP contribution in [0.4, 0.5) is 0 Å². The number of carboxylic acids is 1. The Balaban J connectivity index is 5.10. The van der Waals surface area contributed by atoms with Crippen molar-refractivity contribution < 1.29 is 19.7 Å². The molecule has 4 nitrogen and oxygen atoms in total. The van der Waals surface area contributed by atoms with Gasteiger partial charge in [0.1, 0.15) is 6.10 Å². The van der Waals surface area contributed by atoms with Crippen molar-refractivity contribution in [3.8, 4) is 0 Å². The Hall–Kier alpha value is -0.610. The third kappa shape index (κ3) is 9.60. The minimum Gasteiger partial charge on any atom is -0.481 e. The second-order valence-corrected chi connectivity index (χ2v) is 10.7. The fourth-order valence-corrected chi connectivity index (χ4v) is 3.30. The summed E-state index contributed by atoms with van der Waals surface area (Å²) in [5.74, 6) is -0.826. The molecule has 1 N–H and O–H groups in total. The van der Waals surface area contributed by atoms with E-state index in [1.807, 2.05) is 20.8 Å². The van der Waals surface area contributed by atoms with E-state index in [1.165, 1.54) is 0 Å². The maximum Gasteiger partial charge on any atom is 0.312 e. The first-order valence-corrected chi connectivity index (χ1v) is 9.60. The van der Waals surface area contributed by atoms with Gasteiger partial charge >= 0.3 is 5.97 Å². The highest BCUT2D eigenvalue weighted by Crippen LogP contribution is 2.36. The van der Waals surface area contributed by atoms with E-state index in [2.05, 4.69) is 41.5 Å².